The van der Waals surface area contributed by atoms with Crippen LogP contribution >= 0.6 is 0 Å². The molecule has 2 atom stereocenters. The van der Waals surface area contributed by atoms with Gasteiger partial charge in [-0.25, -0.2) is 4.39 Å². The minimum Gasteiger partial charge on any atom is -0.355 e. The van der Waals surface area contributed by atoms with E-state index in [1.54, 1.807) is 0 Å². The van der Waals surface area contributed by atoms with Crippen LogP contribution in [0.5, 0.6) is 0 Å². The average Bonchev–Trinajstić information content (AvgIpc) is 2.98. The molecule has 4 amide bonds. The van der Waals surface area contributed by atoms with Crippen molar-refractivity contribution >= 4 is 23.6 Å². The van der Waals surface area contributed by atoms with Gasteiger partial charge in [-0.15, -0.1) is 0 Å². The number of aryl methyl sites for hydroxylation is 1. The molecule has 8 nitrogen and oxygen atoms in total. The molecular weight excluding hydrogens is 547 g/mol. The summed E-state index contributed by atoms with van der Waals surface area (Å²) in [6.07, 6.45) is 0.415. The molecule has 0 fully saturated rings. The van der Waals surface area contributed by atoms with Crippen LogP contribution in [0.2, 0.25) is 0 Å². The maximum absolute atomic E-state index is 13.6. The molecule has 4 N–H and O–H groups in total. The first-order valence-corrected chi connectivity index (χ1v) is 14.4. The topological polar surface area (TPSA) is 116 Å². The normalized spacial score (nSPS) is 12.5. The van der Waals surface area contributed by atoms with Crippen LogP contribution in [0.4, 0.5) is 4.39 Å². The van der Waals surface area contributed by atoms with E-state index in [9.17, 15) is 23.6 Å². The van der Waals surface area contributed by atoms with E-state index in [0.717, 1.165) is 11.1 Å². The van der Waals surface area contributed by atoms with Gasteiger partial charge >= 0.3 is 0 Å². The van der Waals surface area contributed by atoms with Crippen molar-refractivity contribution < 1.29 is 23.6 Å². The van der Waals surface area contributed by atoms with Gasteiger partial charge in [0.2, 0.25) is 23.6 Å². The van der Waals surface area contributed by atoms with Crippen molar-refractivity contribution in [2.24, 2.45) is 5.41 Å². The summed E-state index contributed by atoms with van der Waals surface area (Å²) in [6, 6.07) is 22.3. The van der Waals surface area contributed by atoms with Gasteiger partial charge in [0.25, 0.3) is 0 Å². The Morgan fingerprint density at radius 2 is 1.28 bits per heavy atom. The van der Waals surface area contributed by atoms with Crippen LogP contribution in [0.25, 0.3) is 0 Å². The third kappa shape index (κ3) is 12.5. The van der Waals surface area contributed by atoms with Crippen molar-refractivity contribution in [2.45, 2.75) is 65.1 Å². The number of hydrogen-bond acceptors (Lipinski definition) is 4. The maximum Gasteiger partial charge on any atom is 0.243 e. The molecule has 3 aromatic carbocycles. The van der Waals surface area contributed by atoms with E-state index in [1.165, 1.54) is 24.3 Å². The summed E-state index contributed by atoms with van der Waals surface area (Å²) in [5, 5.41) is 11.1. The fourth-order valence-corrected chi connectivity index (χ4v) is 4.27. The predicted octanol–water partition coefficient (Wildman–Crippen LogP) is 3.84. The van der Waals surface area contributed by atoms with Gasteiger partial charge in [-0.05, 0) is 47.1 Å². The molecule has 0 saturated heterocycles. The largest absolute Gasteiger partial charge is 0.355 e. The molecule has 0 heterocycles. The van der Waals surface area contributed by atoms with Gasteiger partial charge < -0.3 is 21.3 Å². The van der Waals surface area contributed by atoms with Crippen LogP contribution in [-0.4, -0.2) is 42.3 Å². The molecule has 0 aliphatic rings. The number of amides is 4. The van der Waals surface area contributed by atoms with Gasteiger partial charge in [-0.2, -0.15) is 0 Å². The van der Waals surface area contributed by atoms with Gasteiger partial charge in [0.1, 0.15) is 17.9 Å². The Kier molecular flexibility index (Phi) is 12.4. The third-order valence-electron chi connectivity index (χ3n) is 6.64. The highest BCUT2D eigenvalue weighted by molar-refractivity contribution is 5.95. The lowest BCUT2D eigenvalue weighted by molar-refractivity contribution is -0.134. The standard InChI is InChI=1S/C34H41FN4O4/c1-34(2,3)23-37-30(40)21-29(38-31(41)20-25-14-17-27(35)18-15-25)33(43)39-28(19-16-24-10-6-4-7-11-24)32(42)36-22-26-12-8-5-9-13-26/h4-15,17-18,28-29H,16,19-23H2,1-3H3,(H,36,42)(H,37,40)(H,38,41)(H,39,43)/t28-,29-/m0/s1. The minimum atomic E-state index is -1.23. The molecule has 3 aromatic rings. The van der Waals surface area contributed by atoms with Crippen molar-refractivity contribution in [3.05, 3.63) is 107 Å². The summed E-state index contributed by atoms with van der Waals surface area (Å²) < 4.78 is 13.3. The molecule has 3 rings (SSSR count). The fraction of sp³-hybridized carbons (Fsp3) is 0.353. The SMILES string of the molecule is CC(C)(C)CNC(=O)C[C@H](NC(=O)Cc1ccc(F)cc1)C(=O)N[C@@H](CCc1ccccc1)C(=O)NCc1ccccc1. The number of halogens is 1. The minimum absolute atomic E-state index is 0.108. The van der Waals surface area contributed by atoms with Gasteiger partial charge in [0, 0.05) is 13.1 Å². The first kappa shape index (κ1) is 33.0. The van der Waals surface area contributed by atoms with Gasteiger partial charge in [0.05, 0.1) is 12.8 Å². The van der Waals surface area contributed by atoms with E-state index in [-0.39, 0.29) is 30.7 Å². The van der Waals surface area contributed by atoms with E-state index >= 15 is 0 Å². The molecule has 0 aliphatic heterocycles. The van der Waals surface area contributed by atoms with Crippen LogP contribution in [-0.2, 0) is 38.6 Å². The number of benzene rings is 3. The second-order valence-corrected chi connectivity index (χ2v) is 11.8. The molecule has 228 valence electrons. The van der Waals surface area contributed by atoms with E-state index in [2.05, 4.69) is 21.3 Å². The van der Waals surface area contributed by atoms with Crippen LogP contribution in [0, 0.1) is 11.2 Å². The molecule has 0 unspecified atom stereocenters. The molecular formula is C34H41FN4O4. The van der Waals surface area contributed by atoms with Crippen molar-refractivity contribution in [1.29, 1.82) is 0 Å². The highest BCUT2D eigenvalue weighted by Gasteiger charge is 2.29. The molecule has 0 saturated carbocycles. The molecule has 0 aromatic heterocycles. The van der Waals surface area contributed by atoms with Crippen molar-refractivity contribution in [1.82, 2.24) is 21.3 Å². The van der Waals surface area contributed by atoms with E-state index in [0.29, 0.717) is 24.9 Å². The Morgan fingerprint density at radius 3 is 1.88 bits per heavy atom. The van der Waals surface area contributed by atoms with E-state index < -0.39 is 35.6 Å². The zero-order valence-electron chi connectivity index (χ0n) is 25.0. The quantitative estimate of drug-likeness (QED) is 0.229. The molecule has 0 spiro atoms. The van der Waals surface area contributed by atoms with Crippen molar-refractivity contribution in [3.8, 4) is 0 Å². The average molecular weight is 589 g/mol. The summed E-state index contributed by atoms with van der Waals surface area (Å²) in [4.78, 5) is 52.6. The number of rotatable bonds is 14. The Hall–Kier alpha value is -4.53. The van der Waals surface area contributed by atoms with Crippen molar-refractivity contribution in [2.75, 3.05) is 6.54 Å². The number of nitrogens with one attached hydrogen (secondary N) is 4. The smallest absolute Gasteiger partial charge is 0.243 e. The lowest BCUT2D eigenvalue weighted by atomic mass is 9.97. The second-order valence-electron chi connectivity index (χ2n) is 11.8. The van der Waals surface area contributed by atoms with Crippen LogP contribution in [0.3, 0.4) is 0 Å². The summed E-state index contributed by atoms with van der Waals surface area (Å²) in [5.41, 5.74) is 2.28. The van der Waals surface area contributed by atoms with Gasteiger partial charge in [-0.1, -0.05) is 93.6 Å². The number of carbonyl (C=O) groups is 4. The van der Waals surface area contributed by atoms with E-state index in [1.807, 2.05) is 81.4 Å². The van der Waals surface area contributed by atoms with Gasteiger partial charge in [-0.3, -0.25) is 19.2 Å². The van der Waals surface area contributed by atoms with Crippen LogP contribution in [0.1, 0.15) is 50.3 Å². The monoisotopic (exact) mass is 588 g/mol. The second kappa shape index (κ2) is 16.2. The summed E-state index contributed by atoms with van der Waals surface area (Å²) >= 11 is 0. The van der Waals surface area contributed by atoms with E-state index in [4.69, 9.17) is 0 Å². The lowest BCUT2D eigenvalue weighted by Gasteiger charge is -2.24. The van der Waals surface area contributed by atoms with Crippen LogP contribution in [0.15, 0.2) is 84.9 Å². The zero-order chi connectivity index (χ0) is 31.2. The Balaban J connectivity index is 1.74. The Morgan fingerprint density at radius 1 is 0.674 bits per heavy atom. The van der Waals surface area contributed by atoms with Crippen molar-refractivity contribution in [3.63, 3.8) is 0 Å². The molecule has 9 heteroatoms. The van der Waals surface area contributed by atoms with Crippen LogP contribution < -0.4 is 21.3 Å². The first-order valence-electron chi connectivity index (χ1n) is 14.4. The Labute approximate surface area is 252 Å². The predicted molar refractivity (Wildman–Crippen MR) is 164 cm³/mol. The first-order chi connectivity index (χ1) is 20.5. The third-order valence-corrected chi connectivity index (χ3v) is 6.64. The molecule has 43 heavy (non-hydrogen) atoms. The molecule has 0 aliphatic carbocycles. The summed E-state index contributed by atoms with van der Waals surface area (Å²) in [6.45, 7) is 6.56. The number of carbonyl (C=O) groups excluding carboxylic acids is 4. The molecule has 0 bridgehead atoms. The number of hydrogen-bond donors (Lipinski definition) is 4. The highest BCUT2D eigenvalue weighted by atomic mass is 19.1. The zero-order valence-corrected chi connectivity index (χ0v) is 25.0. The highest BCUT2D eigenvalue weighted by Crippen LogP contribution is 2.11. The summed E-state index contributed by atoms with van der Waals surface area (Å²) in [5.74, 6) is -2.37. The van der Waals surface area contributed by atoms with Gasteiger partial charge in [0.15, 0.2) is 0 Å². The molecule has 0 radical (unpaired) electrons. The maximum atomic E-state index is 13.6. The Bertz CT molecular complexity index is 1340. The summed E-state index contributed by atoms with van der Waals surface area (Å²) in [7, 11) is 0. The lowest BCUT2D eigenvalue weighted by Crippen LogP contribution is -2.55. The fourth-order valence-electron chi connectivity index (χ4n) is 4.27.